The minimum absolute atomic E-state index is 0. The fourth-order valence-corrected chi connectivity index (χ4v) is 22.1. The summed E-state index contributed by atoms with van der Waals surface area (Å²) in [7, 11) is 0. The van der Waals surface area contributed by atoms with Crippen LogP contribution in [0.15, 0.2) is 0 Å². The molecule has 0 aromatic carbocycles. The van der Waals surface area contributed by atoms with E-state index in [0.717, 1.165) is 32.1 Å². The summed E-state index contributed by atoms with van der Waals surface area (Å²) in [5, 5.41) is 24.0. The lowest BCUT2D eigenvalue weighted by Crippen LogP contribution is -2.68. The molecular weight excluding hydrogens is 1140 g/mol. The maximum absolute atomic E-state index is 16.6. The highest BCUT2D eigenvalue weighted by Crippen LogP contribution is 2.72. The molecule has 10 aliphatic carbocycles. The molecule has 4 heterocycles. The van der Waals surface area contributed by atoms with Gasteiger partial charge in [0, 0.05) is 50.9 Å². The molecule has 2 N–H and O–H groups in total. The predicted molar refractivity (Wildman–Crippen MR) is 341 cm³/mol. The van der Waals surface area contributed by atoms with Gasteiger partial charge in [0.05, 0.1) is 70.4 Å². The van der Waals surface area contributed by atoms with E-state index >= 15 is 9.59 Å². The Labute approximate surface area is 536 Å². The van der Waals surface area contributed by atoms with E-state index in [0.29, 0.717) is 71.2 Å². The zero-order valence-electron chi connectivity index (χ0n) is 49.9. The molecule has 14 fully saturated rings. The monoisotopic (exact) mass is 1260 g/mol. The first kappa shape index (κ1) is 77.8. The SMILES string of the molecule is C.C.C.C.C.C.C.C.CC1C(=O)OC(=O)C1C(C)(C)C(C)(CC(C)(C)C(C)(CC(C)(C)C1C(C)C2CC1C1COC(=O)C21)C(=O)OC12CC3CC(O)(CC(O)(C3)C1)C2)C(=O)OC12CC3CC(C(=O)OC4CCCCO4)(C1)CC(C(=O)OC1CCCCO1)(C3)C2. The van der Waals surface area contributed by atoms with Crippen LogP contribution in [0.25, 0.3) is 0 Å². The van der Waals surface area contributed by atoms with Crippen molar-refractivity contribution in [3.05, 3.63) is 0 Å². The number of rotatable bonds is 16. The second-order valence-corrected chi connectivity index (χ2v) is 32.0. The van der Waals surface area contributed by atoms with Gasteiger partial charge in [-0.2, -0.15) is 0 Å². The molecule has 10 saturated carbocycles. The molecule has 14 rings (SSSR count). The Morgan fingerprint density at radius 2 is 1.03 bits per heavy atom. The van der Waals surface area contributed by atoms with E-state index in [4.69, 9.17) is 37.9 Å². The highest BCUT2D eigenvalue weighted by Gasteiger charge is 2.74. The Morgan fingerprint density at radius 3 is 1.49 bits per heavy atom. The Hall–Kier alpha value is -3.67. The third kappa shape index (κ3) is 12.3. The van der Waals surface area contributed by atoms with E-state index in [1.807, 2.05) is 20.8 Å². The molecule has 0 amide bonds. The van der Waals surface area contributed by atoms with Crippen molar-refractivity contribution in [2.75, 3.05) is 19.8 Å². The molecule has 514 valence electrons. The van der Waals surface area contributed by atoms with Crippen LogP contribution < -0.4 is 0 Å². The first-order valence-corrected chi connectivity index (χ1v) is 31.2. The number of cyclic esters (lactones) is 3. The minimum atomic E-state index is -1.71. The topological polar surface area (TPSA) is 234 Å². The lowest BCUT2D eigenvalue weighted by atomic mass is 9.42. The molecule has 10 bridgehead atoms. The maximum atomic E-state index is 16.6. The maximum Gasteiger partial charge on any atom is 0.318 e. The molecular formula is C72H124O17. The Morgan fingerprint density at radius 1 is 0.551 bits per heavy atom. The molecule has 16 unspecified atom stereocenters. The summed E-state index contributed by atoms with van der Waals surface area (Å²) in [6, 6.07) is 0. The number of hydrogen-bond donors (Lipinski definition) is 2. The normalized spacial score (nSPS) is 41.3. The molecule has 17 nitrogen and oxygen atoms in total. The van der Waals surface area contributed by atoms with E-state index < -0.39 is 121 Å². The van der Waals surface area contributed by atoms with Crippen LogP contribution in [0.1, 0.15) is 263 Å². The number of fused-ring (bicyclic) bond motifs is 5. The summed E-state index contributed by atoms with van der Waals surface area (Å²) in [4.78, 5) is 104. The van der Waals surface area contributed by atoms with Crippen LogP contribution in [0.5, 0.6) is 0 Å². The van der Waals surface area contributed by atoms with E-state index in [-0.39, 0.29) is 164 Å². The summed E-state index contributed by atoms with van der Waals surface area (Å²) < 4.78 is 49.6. The van der Waals surface area contributed by atoms with E-state index in [9.17, 15) is 34.2 Å². The Bertz CT molecular complexity index is 2560. The molecule has 89 heavy (non-hydrogen) atoms. The number of ether oxygens (including phenoxy) is 8. The van der Waals surface area contributed by atoms with Crippen LogP contribution in [-0.2, 0) is 71.5 Å². The molecule has 16 atom stereocenters. The van der Waals surface area contributed by atoms with Gasteiger partial charge in [-0.25, -0.2) is 0 Å². The predicted octanol–water partition coefficient (Wildman–Crippen LogP) is 14.1. The van der Waals surface area contributed by atoms with E-state index in [1.54, 1.807) is 27.7 Å². The van der Waals surface area contributed by atoms with Crippen LogP contribution in [0.4, 0.5) is 0 Å². The second-order valence-electron chi connectivity index (χ2n) is 32.0. The third-order valence-corrected chi connectivity index (χ3v) is 25.1. The van der Waals surface area contributed by atoms with Crippen molar-refractivity contribution in [2.45, 2.75) is 298 Å². The zero-order valence-corrected chi connectivity index (χ0v) is 49.9. The molecule has 0 spiro atoms. The van der Waals surface area contributed by atoms with Gasteiger partial charge in [-0.05, 0) is 155 Å². The van der Waals surface area contributed by atoms with Gasteiger partial charge < -0.3 is 48.1 Å². The molecule has 4 saturated heterocycles. The van der Waals surface area contributed by atoms with Crippen molar-refractivity contribution in [1.82, 2.24) is 0 Å². The standard InChI is InChI=1S/C64H92O17.8CH4/c1-35-39-19-40(41-26-76-48(66)44(39)41)45(35)54(3,4)27-57(9,50(68)80-64-25-38-22-61(72,33-64)32-62(73,23-38)34-64)55(5,6)28-58(10,56(7,8)46-36(2)47(65)79-49(46)67)51(69)81-63-24-37-20-59(30-63,52(70)77-42-15-11-13-17-74-42)29-60(21-37,31-63)53(71)78-43-16-12-14-18-75-43;;;;;;;;/h35-46,72-73H,11-34H2,1-10H3;8*1H4. The van der Waals surface area contributed by atoms with Crippen molar-refractivity contribution in [3.63, 3.8) is 0 Å². The molecule has 0 aromatic rings. The average molecular weight is 1260 g/mol. The van der Waals surface area contributed by atoms with Gasteiger partial charge in [0.15, 0.2) is 0 Å². The summed E-state index contributed by atoms with van der Waals surface area (Å²) in [6.07, 6.45) is 7.78. The number of carbonyl (C=O) groups is 7. The van der Waals surface area contributed by atoms with Crippen LogP contribution in [0.3, 0.4) is 0 Å². The smallest absolute Gasteiger partial charge is 0.318 e. The van der Waals surface area contributed by atoms with E-state index in [1.165, 1.54) is 0 Å². The lowest BCUT2D eigenvalue weighted by Gasteiger charge is -2.64. The van der Waals surface area contributed by atoms with Gasteiger partial charge in [0.1, 0.15) is 11.2 Å². The number of aliphatic hydroxyl groups is 2. The summed E-state index contributed by atoms with van der Waals surface area (Å²) in [5.74, 6) is -5.65. The minimum Gasteiger partial charge on any atom is -0.465 e. The van der Waals surface area contributed by atoms with Crippen LogP contribution >= 0.6 is 0 Å². The second kappa shape index (κ2) is 25.6. The van der Waals surface area contributed by atoms with E-state index in [2.05, 4.69) is 20.8 Å². The number of esters is 7. The van der Waals surface area contributed by atoms with Crippen molar-refractivity contribution >= 4 is 41.8 Å². The largest absolute Gasteiger partial charge is 0.465 e. The number of carbonyl (C=O) groups excluding carboxylic acids is 7. The Kier molecular flexibility index (Phi) is 22.3. The number of hydrogen-bond acceptors (Lipinski definition) is 17. The van der Waals surface area contributed by atoms with Crippen molar-refractivity contribution in [2.24, 2.45) is 97.1 Å². The Balaban J connectivity index is 0.00000212. The highest BCUT2D eigenvalue weighted by molar-refractivity contribution is 5.97. The first-order valence-electron chi connectivity index (χ1n) is 31.2. The fraction of sp³-hybridized carbons (Fsp3) is 0.903. The van der Waals surface area contributed by atoms with Gasteiger partial charge in [-0.3, -0.25) is 33.6 Å². The third-order valence-electron chi connectivity index (χ3n) is 25.1. The van der Waals surface area contributed by atoms with Crippen LogP contribution in [-0.4, -0.2) is 107 Å². The van der Waals surface area contributed by atoms with Gasteiger partial charge in [0.25, 0.3) is 0 Å². The molecule has 14 aliphatic rings. The van der Waals surface area contributed by atoms with Gasteiger partial charge >= 0.3 is 41.8 Å². The summed E-state index contributed by atoms with van der Waals surface area (Å²) in [5.41, 5.74) is -13.7. The van der Waals surface area contributed by atoms with Crippen LogP contribution in [0.2, 0.25) is 0 Å². The zero-order chi connectivity index (χ0) is 58.1. The van der Waals surface area contributed by atoms with Crippen LogP contribution in [0, 0.1) is 97.1 Å². The summed E-state index contributed by atoms with van der Waals surface area (Å²) in [6.45, 7) is 20.8. The molecule has 4 aliphatic heterocycles. The average Bonchev–Trinajstić information content (AvgIpc) is 1.24. The molecule has 0 aromatic heterocycles. The quantitative estimate of drug-likeness (QED) is 0.0830. The first-order chi connectivity index (χ1) is 37.7. The van der Waals surface area contributed by atoms with Gasteiger partial charge in [-0.1, -0.05) is 115 Å². The van der Waals surface area contributed by atoms with Gasteiger partial charge in [0.2, 0.25) is 12.6 Å². The van der Waals surface area contributed by atoms with Crippen molar-refractivity contribution < 1.29 is 81.7 Å². The van der Waals surface area contributed by atoms with Gasteiger partial charge in [-0.15, -0.1) is 0 Å². The molecule has 0 radical (unpaired) electrons. The fourth-order valence-electron chi connectivity index (χ4n) is 22.1. The van der Waals surface area contributed by atoms with Crippen molar-refractivity contribution in [1.29, 1.82) is 0 Å². The van der Waals surface area contributed by atoms with Crippen molar-refractivity contribution in [3.8, 4) is 0 Å². The lowest BCUT2D eigenvalue weighted by molar-refractivity contribution is -0.268. The highest BCUT2D eigenvalue weighted by atomic mass is 16.7. The summed E-state index contributed by atoms with van der Waals surface area (Å²) >= 11 is 0. The molecule has 17 heteroatoms.